The lowest BCUT2D eigenvalue weighted by atomic mass is 10.3. The maximum atomic E-state index is 11.2. The van der Waals surface area contributed by atoms with Gasteiger partial charge in [-0.05, 0) is 0 Å². The third kappa shape index (κ3) is 2.21. The van der Waals surface area contributed by atoms with Crippen molar-refractivity contribution in [2.75, 3.05) is 6.26 Å². The molecule has 0 radical (unpaired) electrons. The van der Waals surface area contributed by atoms with E-state index in [1.165, 1.54) is 6.33 Å². The molecule has 0 saturated heterocycles. The fraction of sp³-hybridized carbons (Fsp3) is 0.111. The van der Waals surface area contributed by atoms with E-state index in [2.05, 4.69) is 19.9 Å². The van der Waals surface area contributed by atoms with Gasteiger partial charge in [-0.2, -0.15) is 0 Å². The van der Waals surface area contributed by atoms with Crippen LogP contribution in [0.15, 0.2) is 36.0 Å². The molecule has 0 saturated carbocycles. The molecule has 0 amide bonds. The topological polar surface area (TPSA) is 68.6 Å². The molecule has 2 heterocycles. The first-order valence-electron chi connectivity index (χ1n) is 4.19. The van der Waals surface area contributed by atoms with Crippen molar-refractivity contribution in [2.45, 2.75) is 5.03 Å². The smallest absolute Gasteiger partial charge is 0.131 e. The highest BCUT2D eigenvalue weighted by Gasteiger charge is 2.04. The van der Waals surface area contributed by atoms with E-state index in [1.54, 1.807) is 30.9 Å². The van der Waals surface area contributed by atoms with Gasteiger partial charge in [0.2, 0.25) is 0 Å². The summed E-state index contributed by atoms with van der Waals surface area (Å²) in [5.41, 5.74) is 1.27. The van der Waals surface area contributed by atoms with E-state index in [0.29, 0.717) is 16.4 Å². The maximum absolute atomic E-state index is 11.2. The molecule has 2 aromatic heterocycles. The Hall–Kier alpha value is -1.69. The van der Waals surface area contributed by atoms with Gasteiger partial charge in [0.1, 0.15) is 17.0 Å². The number of aromatic nitrogens is 4. The van der Waals surface area contributed by atoms with E-state index >= 15 is 0 Å². The Morgan fingerprint density at radius 3 is 2.67 bits per heavy atom. The van der Waals surface area contributed by atoms with Gasteiger partial charge in [-0.15, -0.1) is 0 Å². The Morgan fingerprint density at radius 2 is 2.00 bits per heavy atom. The number of hydrogen-bond acceptors (Lipinski definition) is 5. The highest BCUT2D eigenvalue weighted by molar-refractivity contribution is 7.84. The van der Waals surface area contributed by atoms with E-state index in [9.17, 15) is 4.21 Å². The molecule has 0 N–H and O–H groups in total. The lowest BCUT2D eigenvalue weighted by Gasteiger charge is -1.99. The molecular weight excluding hydrogens is 212 g/mol. The number of hydrogen-bond donors (Lipinski definition) is 0. The SMILES string of the molecule is CS(=O)c1cc(-c2cnccn2)ncn1. The molecule has 0 spiro atoms. The van der Waals surface area contributed by atoms with Gasteiger partial charge in [0.15, 0.2) is 0 Å². The average Bonchev–Trinajstić information content (AvgIpc) is 2.30. The maximum Gasteiger partial charge on any atom is 0.131 e. The summed E-state index contributed by atoms with van der Waals surface area (Å²) in [6, 6.07) is 1.65. The van der Waals surface area contributed by atoms with Crippen LogP contribution in [0, 0.1) is 0 Å². The molecule has 15 heavy (non-hydrogen) atoms. The van der Waals surface area contributed by atoms with Crippen LogP contribution in [-0.4, -0.2) is 30.4 Å². The standard InChI is InChI=1S/C9H8N4OS/c1-15(14)9-4-7(12-6-13-9)8-5-10-2-3-11-8/h2-6H,1H3. The Bertz CT molecular complexity index is 488. The van der Waals surface area contributed by atoms with Crippen molar-refractivity contribution in [3.05, 3.63) is 31.0 Å². The van der Waals surface area contributed by atoms with Gasteiger partial charge in [-0.25, -0.2) is 9.97 Å². The molecule has 76 valence electrons. The summed E-state index contributed by atoms with van der Waals surface area (Å²) in [7, 11) is -1.11. The van der Waals surface area contributed by atoms with Crippen molar-refractivity contribution in [3.8, 4) is 11.4 Å². The second-order valence-electron chi connectivity index (χ2n) is 2.79. The van der Waals surface area contributed by atoms with Crippen LogP contribution in [0.3, 0.4) is 0 Å². The van der Waals surface area contributed by atoms with Gasteiger partial charge >= 0.3 is 0 Å². The van der Waals surface area contributed by atoms with Crippen LogP contribution in [-0.2, 0) is 10.8 Å². The highest BCUT2D eigenvalue weighted by Crippen LogP contribution is 2.13. The van der Waals surface area contributed by atoms with Crippen molar-refractivity contribution < 1.29 is 4.21 Å². The minimum atomic E-state index is -1.11. The third-order valence-corrected chi connectivity index (χ3v) is 2.57. The third-order valence-electron chi connectivity index (χ3n) is 1.76. The summed E-state index contributed by atoms with van der Waals surface area (Å²) in [5.74, 6) is 0. The monoisotopic (exact) mass is 220 g/mol. The summed E-state index contributed by atoms with van der Waals surface area (Å²) >= 11 is 0. The zero-order valence-corrected chi connectivity index (χ0v) is 8.81. The summed E-state index contributed by atoms with van der Waals surface area (Å²) in [6.45, 7) is 0. The van der Waals surface area contributed by atoms with Crippen molar-refractivity contribution in [1.29, 1.82) is 0 Å². The normalized spacial score (nSPS) is 12.3. The lowest BCUT2D eigenvalue weighted by molar-refractivity contribution is 0.683. The molecule has 0 aliphatic rings. The van der Waals surface area contributed by atoms with E-state index in [0.717, 1.165) is 0 Å². The summed E-state index contributed by atoms with van der Waals surface area (Å²) < 4.78 is 11.2. The first-order chi connectivity index (χ1) is 7.27. The second kappa shape index (κ2) is 4.22. The zero-order chi connectivity index (χ0) is 10.7. The summed E-state index contributed by atoms with van der Waals surface area (Å²) in [5, 5.41) is 0.491. The van der Waals surface area contributed by atoms with Gasteiger partial charge in [0.05, 0.1) is 22.7 Å². The van der Waals surface area contributed by atoms with Gasteiger partial charge in [0, 0.05) is 24.7 Å². The Kier molecular flexibility index (Phi) is 2.77. The fourth-order valence-electron chi connectivity index (χ4n) is 1.07. The second-order valence-corrected chi connectivity index (χ2v) is 4.11. The van der Waals surface area contributed by atoms with E-state index in [1.807, 2.05) is 0 Å². The fourth-order valence-corrected chi connectivity index (χ4v) is 1.54. The van der Waals surface area contributed by atoms with Crippen LogP contribution in [0.25, 0.3) is 11.4 Å². The average molecular weight is 220 g/mol. The summed E-state index contributed by atoms with van der Waals surface area (Å²) in [4.78, 5) is 16.0. The lowest BCUT2D eigenvalue weighted by Crippen LogP contribution is -1.95. The highest BCUT2D eigenvalue weighted by atomic mass is 32.2. The minimum absolute atomic E-state index is 0.491. The molecule has 6 heteroatoms. The molecule has 1 atom stereocenters. The molecule has 0 aromatic carbocycles. The molecule has 0 aliphatic carbocycles. The van der Waals surface area contributed by atoms with Crippen molar-refractivity contribution in [3.63, 3.8) is 0 Å². The molecule has 0 fully saturated rings. The number of rotatable bonds is 2. The first-order valence-corrected chi connectivity index (χ1v) is 5.75. The van der Waals surface area contributed by atoms with E-state index in [-0.39, 0.29) is 0 Å². The molecule has 2 aromatic rings. The predicted molar refractivity (Wildman–Crippen MR) is 55.4 cm³/mol. The first kappa shape index (κ1) is 9.85. The van der Waals surface area contributed by atoms with Crippen molar-refractivity contribution in [2.24, 2.45) is 0 Å². The summed E-state index contributed by atoms with van der Waals surface area (Å²) in [6.07, 6.45) is 7.72. The van der Waals surface area contributed by atoms with Gasteiger partial charge in [-0.1, -0.05) is 0 Å². The molecule has 5 nitrogen and oxygen atoms in total. The quantitative estimate of drug-likeness (QED) is 0.696. The van der Waals surface area contributed by atoms with Crippen LogP contribution >= 0.6 is 0 Å². The Balaban J connectivity index is 2.46. The van der Waals surface area contributed by atoms with Crippen LogP contribution in [0.2, 0.25) is 0 Å². The predicted octanol–water partition coefficient (Wildman–Crippen LogP) is 0.671. The molecule has 0 aliphatic heterocycles. The van der Waals surface area contributed by atoms with Crippen LogP contribution in [0.1, 0.15) is 0 Å². The van der Waals surface area contributed by atoms with Crippen LogP contribution in [0.4, 0.5) is 0 Å². The number of nitrogens with zero attached hydrogens (tertiary/aromatic N) is 4. The Labute approximate surface area is 89.1 Å². The minimum Gasteiger partial charge on any atom is -0.261 e. The molecule has 0 bridgehead atoms. The van der Waals surface area contributed by atoms with Crippen molar-refractivity contribution >= 4 is 10.8 Å². The van der Waals surface area contributed by atoms with Crippen molar-refractivity contribution in [1.82, 2.24) is 19.9 Å². The van der Waals surface area contributed by atoms with E-state index < -0.39 is 10.8 Å². The Morgan fingerprint density at radius 1 is 1.13 bits per heavy atom. The van der Waals surface area contributed by atoms with Gasteiger partial charge in [-0.3, -0.25) is 14.2 Å². The molecular formula is C9H8N4OS. The van der Waals surface area contributed by atoms with Crippen LogP contribution in [0.5, 0.6) is 0 Å². The van der Waals surface area contributed by atoms with E-state index in [4.69, 9.17) is 0 Å². The largest absolute Gasteiger partial charge is 0.261 e. The zero-order valence-electron chi connectivity index (χ0n) is 7.99. The van der Waals surface area contributed by atoms with Gasteiger partial charge < -0.3 is 0 Å². The molecule has 2 rings (SSSR count). The molecule has 1 unspecified atom stereocenters. The van der Waals surface area contributed by atoms with Crippen LogP contribution < -0.4 is 0 Å². The van der Waals surface area contributed by atoms with Gasteiger partial charge in [0.25, 0.3) is 0 Å².